The molecule has 0 amide bonds. The van der Waals surface area contributed by atoms with Crippen molar-refractivity contribution in [2.45, 2.75) is 50.4 Å². The van der Waals surface area contributed by atoms with E-state index in [9.17, 15) is 0 Å². The Balaban J connectivity index is 1.42. The van der Waals surface area contributed by atoms with Crippen LogP contribution in [0.1, 0.15) is 36.1 Å². The molecule has 4 rings (SSSR count). The van der Waals surface area contributed by atoms with Gasteiger partial charge in [-0.3, -0.25) is 9.88 Å². The first-order valence-electron chi connectivity index (χ1n) is 9.32. The number of rotatable bonds is 5. The number of thiazole rings is 1. The molecule has 3 heterocycles. The highest BCUT2D eigenvalue weighted by atomic mass is 35.5. The number of ether oxygens (including phenoxy) is 1. The molecule has 0 aromatic carbocycles. The summed E-state index contributed by atoms with van der Waals surface area (Å²) in [5.74, 6) is 0. The second-order valence-corrected chi connectivity index (χ2v) is 8.94. The Labute approximate surface area is 163 Å². The van der Waals surface area contributed by atoms with E-state index in [1.165, 1.54) is 29.7 Å². The average molecular weight is 393 g/mol. The standard InChI is InChI=1S/C19H25ClN4OS/c20-18-23-12-16(26-18)13-24-8-9-25-19(14-24)6-2-1-5-17(19)22-11-15-4-3-7-21-10-15/h3-4,7,10,12,17,22H,1-2,5-6,8-9,11,13-14H2. The Bertz CT molecular complexity index is 709. The molecule has 140 valence electrons. The van der Waals surface area contributed by atoms with Crippen LogP contribution < -0.4 is 5.32 Å². The maximum Gasteiger partial charge on any atom is 0.183 e. The first-order chi connectivity index (χ1) is 12.7. The van der Waals surface area contributed by atoms with E-state index < -0.39 is 0 Å². The Morgan fingerprint density at radius 1 is 1.38 bits per heavy atom. The first kappa shape index (κ1) is 18.3. The third-order valence-electron chi connectivity index (χ3n) is 5.45. The lowest BCUT2D eigenvalue weighted by Crippen LogP contribution is -2.63. The number of hydrogen-bond acceptors (Lipinski definition) is 6. The van der Waals surface area contributed by atoms with E-state index in [0.29, 0.717) is 10.5 Å². The van der Waals surface area contributed by atoms with Crippen LogP contribution >= 0.6 is 22.9 Å². The summed E-state index contributed by atoms with van der Waals surface area (Å²) in [5, 5.41) is 3.76. The van der Waals surface area contributed by atoms with Gasteiger partial charge in [0.05, 0.1) is 12.2 Å². The number of nitrogens with one attached hydrogen (secondary N) is 1. The summed E-state index contributed by atoms with van der Waals surface area (Å²) in [4.78, 5) is 12.1. The second-order valence-electron chi connectivity index (χ2n) is 7.24. The van der Waals surface area contributed by atoms with Crippen molar-refractivity contribution in [1.29, 1.82) is 0 Å². The fourth-order valence-electron chi connectivity index (χ4n) is 4.20. The molecule has 26 heavy (non-hydrogen) atoms. The lowest BCUT2D eigenvalue weighted by molar-refractivity contribution is -0.145. The van der Waals surface area contributed by atoms with Crippen LogP contribution in [0.4, 0.5) is 0 Å². The van der Waals surface area contributed by atoms with Crippen molar-refractivity contribution < 1.29 is 4.74 Å². The predicted molar refractivity (Wildman–Crippen MR) is 104 cm³/mol. The van der Waals surface area contributed by atoms with Gasteiger partial charge in [0.15, 0.2) is 4.47 Å². The predicted octanol–water partition coefficient (Wildman–Crippen LogP) is 3.49. The molecule has 7 heteroatoms. The SMILES string of the molecule is Clc1ncc(CN2CCOC3(CCCCC3NCc3cccnc3)C2)s1. The van der Waals surface area contributed by atoms with Gasteiger partial charge >= 0.3 is 0 Å². The van der Waals surface area contributed by atoms with Crippen LogP contribution in [0, 0.1) is 0 Å². The van der Waals surface area contributed by atoms with Crippen molar-refractivity contribution in [3.8, 4) is 0 Å². The molecule has 1 saturated heterocycles. The minimum absolute atomic E-state index is 0.0901. The number of halogens is 1. The van der Waals surface area contributed by atoms with Crippen molar-refractivity contribution in [2.24, 2.45) is 0 Å². The summed E-state index contributed by atoms with van der Waals surface area (Å²) < 4.78 is 7.04. The third-order valence-corrected chi connectivity index (χ3v) is 6.55. The van der Waals surface area contributed by atoms with Crippen molar-refractivity contribution >= 4 is 22.9 Å². The number of hydrogen-bond donors (Lipinski definition) is 1. The highest BCUT2D eigenvalue weighted by Gasteiger charge is 2.44. The monoisotopic (exact) mass is 392 g/mol. The molecule has 0 bridgehead atoms. The molecule has 1 spiro atoms. The van der Waals surface area contributed by atoms with Gasteiger partial charge in [0.2, 0.25) is 0 Å². The fraction of sp³-hybridized carbons (Fsp3) is 0.579. The Morgan fingerprint density at radius 2 is 2.35 bits per heavy atom. The summed E-state index contributed by atoms with van der Waals surface area (Å²) >= 11 is 7.57. The van der Waals surface area contributed by atoms with Crippen LogP contribution in [0.2, 0.25) is 4.47 Å². The van der Waals surface area contributed by atoms with Crippen LogP contribution in [-0.4, -0.2) is 46.2 Å². The second kappa shape index (κ2) is 8.31. The molecule has 2 fully saturated rings. The summed E-state index contributed by atoms with van der Waals surface area (Å²) in [6, 6.07) is 4.49. The molecule has 1 aliphatic carbocycles. The maximum atomic E-state index is 6.42. The Kier molecular flexibility index (Phi) is 5.86. The van der Waals surface area contributed by atoms with E-state index in [1.54, 1.807) is 11.3 Å². The van der Waals surface area contributed by atoms with Gasteiger partial charge in [-0.2, -0.15) is 0 Å². The summed E-state index contributed by atoms with van der Waals surface area (Å²) in [7, 11) is 0. The highest BCUT2D eigenvalue weighted by molar-refractivity contribution is 7.15. The summed E-state index contributed by atoms with van der Waals surface area (Å²) in [6.45, 7) is 4.47. The molecule has 1 N–H and O–H groups in total. The largest absolute Gasteiger partial charge is 0.371 e. The van der Waals surface area contributed by atoms with Gasteiger partial charge in [0, 0.05) is 55.7 Å². The summed E-state index contributed by atoms with van der Waals surface area (Å²) in [6.07, 6.45) is 10.4. The maximum absolute atomic E-state index is 6.42. The zero-order chi connectivity index (χ0) is 17.8. The van der Waals surface area contributed by atoms with E-state index in [2.05, 4.69) is 26.3 Å². The van der Waals surface area contributed by atoms with E-state index in [4.69, 9.17) is 16.3 Å². The van der Waals surface area contributed by atoms with Crippen molar-refractivity contribution in [3.05, 3.63) is 45.6 Å². The number of nitrogens with zero attached hydrogens (tertiary/aromatic N) is 3. The number of morpholine rings is 1. The van der Waals surface area contributed by atoms with Gasteiger partial charge in [0.1, 0.15) is 0 Å². The van der Waals surface area contributed by atoms with Crippen LogP contribution in [-0.2, 0) is 17.8 Å². The molecule has 5 nitrogen and oxygen atoms in total. The van der Waals surface area contributed by atoms with Crippen molar-refractivity contribution in [3.63, 3.8) is 0 Å². The number of aromatic nitrogens is 2. The minimum atomic E-state index is -0.0901. The van der Waals surface area contributed by atoms with Crippen LogP contribution in [0.15, 0.2) is 30.7 Å². The van der Waals surface area contributed by atoms with Gasteiger partial charge in [-0.05, 0) is 24.5 Å². The van der Waals surface area contributed by atoms with Gasteiger partial charge in [-0.25, -0.2) is 4.98 Å². The highest BCUT2D eigenvalue weighted by Crippen LogP contribution is 2.36. The minimum Gasteiger partial charge on any atom is -0.371 e. The molecular weight excluding hydrogens is 368 g/mol. The molecule has 2 aromatic heterocycles. The van der Waals surface area contributed by atoms with Gasteiger partial charge in [-0.15, -0.1) is 11.3 Å². The fourth-order valence-corrected chi connectivity index (χ4v) is 5.22. The van der Waals surface area contributed by atoms with E-state index in [-0.39, 0.29) is 5.60 Å². The van der Waals surface area contributed by atoms with E-state index >= 15 is 0 Å². The Morgan fingerprint density at radius 3 is 3.15 bits per heavy atom. The van der Waals surface area contributed by atoms with Gasteiger partial charge in [-0.1, -0.05) is 30.5 Å². The van der Waals surface area contributed by atoms with Crippen molar-refractivity contribution in [1.82, 2.24) is 20.2 Å². The van der Waals surface area contributed by atoms with Crippen LogP contribution in [0.3, 0.4) is 0 Å². The van der Waals surface area contributed by atoms with E-state index in [1.807, 2.05) is 24.7 Å². The lowest BCUT2D eigenvalue weighted by atomic mass is 9.78. The molecule has 0 radical (unpaired) electrons. The quantitative estimate of drug-likeness (QED) is 0.843. The van der Waals surface area contributed by atoms with Crippen molar-refractivity contribution in [2.75, 3.05) is 19.7 Å². The van der Waals surface area contributed by atoms with Crippen LogP contribution in [0.5, 0.6) is 0 Å². The molecule has 1 aliphatic heterocycles. The molecule has 1 saturated carbocycles. The zero-order valence-electron chi connectivity index (χ0n) is 14.9. The Hall–Kier alpha value is -1.05. The topological polar surface area (TPSA) is 50.3 Å². The zero-order valence-corrected chi connectivity index (χ0v) is 16.4. The lowest BCUT2D eigenvalue weighted by Gasteiger charge is -2.50. The number of pyridine rings is 1. The molecule has 2 unspecified atom stereocenters. The molecular formula is C19H25ClN4OS. The first-order valence-corrected chi connectivity index (χ1v) is 10.5. The normalized spacial score (nSPS) is 27.0. The van der Waals surface area contributed by atoms with Gasteiger partial charge < -0.3 is 10.1 Å². The third kappa shape index (κ3) is 4.26. The van der Waals surface area contributed by atoms with Crippen LogP contribution in [0.25, 0.3) is 0 Å². The van der Waals surface area contributed by atoms with E-state index in [0.717, 1.165) is 39.2 Å². The molecule has 2 aromatic rings. The smallest absolute Gasteiger partial charge is 0.183 e. The summed E-state index contributed by atoms with van der Waals surface area (Å²) in [5.41, 5.74) is 1.13. The van der Waals surface area contributed by atoms with Gasteiger partial charge in [0.25, 0.3) is 0 Å². The molecule has 2 aliphatic rings. The average Bonchev–Trinajstić information content (AvgIpc) is 3.07. The molecule has 2 atom stereocenters.